The third-order valence-corrected chi connectivity index (χ3v) is 5.42. The molecule has 0 radical (unpaired) electrons. The zero-order valence-electron chi connectivity index (χ0n) is 17.9. The molecule has 0 bridgehead atoms. The lowest BCUT2D eigenvalue weighted by Crippen LogP contribution is -2.13. The van der Waals surface area contributed by atoms with Gasteiger partial charge in [-0.1, -0.05) is 12.1 Å². The molecule has 0 spiro atoms. The average molecular weight is 425 g/mol. The molecule has 3 aromatic heterocycles. The Morgan fingerprint density at radius 2 is 1.91 bits per heavy atom. The van der Waals surface area contributed by atoms with Crippen molar-refractivity contribution in [2.75, 3.05) is 24.3 Å². The largest absolute Gasteiger partial charge is 0.363 e. The molecule has 3 heterocycles. The van der Waals surface area contributed by atoms with Gasteiger partial charge >= 0.3 is 0 Å². The second kappa shape index (κ2) is 8.22. The number of aromatic nitrogens is 5. The lowest BCUT2D eigenvalue weighted by atomic mass is 10.1. The Bertz CT molecular complexity index is 1260. The minimum Gasteiger partial charge on any atom is -0.363 e. The van der Waals surface area contributed by atoms with Gasteiger partial charge in [0.2, 0.25) is 0 Å². The second-order valence-corrected chi connectivity index (χ2v) is 8.06. The number of hydrogen-bond acceptors (Lipinski definition) is 6. The van der Waals surface area contributed by atoms with Crippen LogP contribution in [0.3, 0.4) is 0 Å². The summed E-state index contributed by atoms with van der Waals surface area (Å²) in [5.41, 5.74) is 3.75. The van der Waals surface area contributed by atoms with Crippen LogP contribution in [0.1, 0.15) is 29.4 Å². The van der Waals surface area contributed by atoms with Gasteiger partial charge in [0.1, 0.15) is 17.8 Å². The molecule has 1 saturated carbocycles. The number of nitrogens with one attached hydrogen (secondary N) is 1. The van der Waals surface area contributed by atoms with E-state index in [1.807, 2.05) is 61.5 Å². The highest BCUT2D eigenvalue weighted by Crippen LogP contribution is 2.37. The Labute approximate surface area is 186 Å². The van der Waals surface area contributed by atoms with Crippen LogP contribution >= 0.6 is 0 Å². The van der Waals surface area contributed by atoms with Crippen LogP contribution in [0.4, 0.5) is 11.5 Å². The van der Waals surface area contributed by atoms with Gasteiger partial charge in [-0.05, 0) is 54.8 Å². The molecule has 1 aliphatic carbocycles. The van der Waals surface area contributed by atoms with Gasteiger partial charge in [-0.2, -0.15) is 0 Å². The molecule has 0 atom stereocenters. The van der Waals surface area contributed by atoms with Crippen LogP contribution in [0.2, 0.25) is 0 Å². The highest BCUT2D eigenvalue weighted by molar-refractivity contribution is 6.03. The summed E-state index contributed by atoms with van der Waals surface area (Å²) in [4.78, 5) is 23.5. The molecule has 1 aromatic carbocycles. The minimum atomic E-state index is -0.273. The molecule has 160 valence electrons. The number of nitrogens with zero attached hydrogens (tertiary/aromatic N) is 6. The fourth-order valence-corrected chi connectivity index (χ4v) is 3.56. The summed E-state index contributed by atoms with van der Waals surface area (Å²) in [6.07, 6.45) is 7.51. The first-order chi connectivity index (χ1) is 15.6. The lowest BCUT2D eigenvalue weighted by molar-refractivity contribution is 0.102. The Kier molecular flexibility index (Phi) is 5.10. The first-order valence-corrected chi connectivity index (χ1v) is 10.5. The normalized spacial score (nSPS) is 13.1. The summed E-state index contributed by atoms with van der Waals surface area (Å²) in [5, 5.41) is 11.3. The summed E-state index contributed by atoms with van der Waals surface area (Å²) < 4.78 is 2.10. The summed E-state index contributed by atoms with van der Waals surface area (Å²) in [6, 6.07) is 15.7. The number of anilines is 2. The second-order valence-electron chi connectivity index (χ2n) is 8.06. The number of pyridine rings is 2. The van der Waals surface area contributed by atoms with E-state index in [2.05, 4.69) is 30.0 Å². The molecule has 1 aliphatic rings. The Hall–Kier alpha value is -4.07. The van der Waals surface area contributed by atoms with E-state index >= 15 is 0 Å². The van der Waals surface area contributed by atoms with Crippen LogP contribution in [0.25, 0.3) is 22.5 Å². The summed E-state index contributed by atoms with van der Waals surface area (Å²) in [7, 11) is 3.89. The minimum absolute atomic E-state index is 0.273. The Balaban J connectivity index is 1.35. The van der Waals surface area contributed by atoms with Crippen LogP contribution in [-0.2, 0) is 0 Å². The van der Waals surface area contributed by atoms with Crippen molar-refractivity contribution in [1.29, 1.82) is 0 Å². The molecule has 5 rings (SSSR count). The maximum Gasteiger partial charge on any atom is 0.274 e. The van der Waals surface area contributed by atoms with Crippen LogP contribution in [0, 0.1) is 0 Å². The van der Waals surface area contributed by atoms with Crippen molar-refractivity contribution in [2.24, 2.45) is 0 Å². The van der Waals surface area contributed by atoms with Crippen LogP contribution in [0.5, 0.6) is 0 Å². The molecule has 1 N–H and O–H groups in total. The topological polar surface area (TPSA) is 88.8 Å². The predicted octanol–water partition coefficient (Wildman–Crippen LogP) is 4.06. The molecule has 32 heavy (non-hydrogen) atoms. The van der Waals surface area contributed by atoms with E-state index in [1.165, 1.54) is 0 Å². The summed E-state index contributed by atoms with van der Waals surface area (Å²) >= 11 is 0. The number of benzene rings is 1. The van der Waals surface area contributed by atoms with Crippen LogP contribution in [0.15, 0.2) is 67.3 Å². The van der Waals surface area contributed by atoms with Crippen molar-refractivity contribution < 1.29 is 4.79 Å². The molecule has 1 amide bonds. The number of rotatable bonds is 6. The molecule has 8 heteroatoms. The summed E-state index contributed by atoms with van der Waals surface area (Å²) in [6.45, 7) is 0. The van der Waals surface area contributed by atoms with Gasteiger partial charge in [-0.3, -0.25) is 9.78 Å². The van der Waals surface area contributed by atoms with E-state index in [9.17, 15) is 4.79 Å². The van der Waals surface area contributed by atoms with Crippen LogP contribution in [-0.4, -0.2) is 44.7 Å². The van der Waals surface area contributed by atoms with Crippen molar-refractivity contribution in [1.82, 2.24) is 24.7 Å². The molecular formula is C24H23N7O. The predicted molar refractivity (Wildman–Crippen MR) is 123 cm³/mol. The first kappa shape index (κ1) is 19.9. The summed E-state index contributed by atoms with van der Waals surface area (Å²) in [5.74, 6) is 1.42. The van der Waals surface area contributed by atoms with Gasteiger partial charge in [0.05, 0.1) is 0 Å². The standard InChI is InChI=1S/C24H23N7O/c1-30(2)22-9-6-18(14-26-22)16-10-11-25-21(13-16)24(32)28-19-5-3-4-17(12-19)23-29-27-15-31(23)20-7-8-20/h3-6,9-15,20H,7-8H2,1-2H3,(H,28,32). The average Bonchev–Trinajstić information content (AvgIpc) is 3.55. The zero-order chi connectivity index (χ0) is 22.1. The van der Waals surface area contributed by atoms with Gasteiger partial charge in [0, 0.05) is 49.3 Å². The van der Waals surface area contributed by atoms with Crippen molar-refractivity contribution in [3.05, 3.63) is 72.9 Å². The van der Waals surface area contributed by atoms with Crippen molar-refractivity contribution in [3.63, 3.8) is 0 Å². The Morgan fingerprint density at radius 1 is 1.03 bits per heavy atom. The molecule has 8 nitrogen and oxygen atoms in total. The van der Waals surface area contributed by atoms with E-state index in [1.54, 1.807) is 24.8 Å². The molecular weight excluding hydrogens is 402 g/mol. The van der Waals surface area contributed by atoms with E-state index in [-0.39, 0.29) is 5.91 Å². The number of carbonyl (C=O) groups excluding carboxylic acids is 1. The Morgan fingerprint density at radius 3 is 2.66 bits per heavy atom. The first-order valence-electron chi connectivity index (χ1n) is 10.5. The van der Waals surface area contributed by atoms with Gasteiger partial charge in [-0.25, -0.2) is 4.98 Å². The third kappa shape index (κ3) is 4.07. The number of carbonyl (C=O) groups is 1. The SMILES string of the molecule is CN(C)c1ccc(-c2ccnc(C(=O)Nc3cccc(-c4nncn4C4CC4)c3)c2)cn1. The van der Waals surface area contributed by atoms with Gasteiger partial charge in [0.25, 0.3) is 5.91 Å². The smallest absolute Gasteiger partial charge is 0.274 e. The molecule has 4 aromatic rings. The van der Waals surface area contributed by atoms with E-state index in [0.717, 1.165) is 41.2 Å². The molecule has 1 fully saturated rings. The van der Waals surface area contributed by atoms with E-state index in [4.69, 9.17) is 0 Å². The van der Waals surface area contributed by atoms with Crippen molar-refractivity contribution >= 4 is 17.4 Å². The van der Waals surface area contributed by atoms with E-state index in [0.29, 0.717) is 17.4 Å². The maximum absolute atomic E-state index is 12.9. The lowest BCUT2D eigenvalue weighted by Gasteiger charge is -2.11. The monoisotopic (exact) mass is 425 g/mol. The van der Waals surface area contributed by atoms with Gasteiger partial charge < -0.3 is 14.8 Å². The van der Waals surface area contributed by atoms with Gasteiger partial charge in [0.15, 0.2) is 5.82 Å². The molecule has 0 unspecified atom stereocenters. The fraction of sp³-hybridized carbons (Fsp3) is 0.208. The maximum atomic E-state index is 12.9. The third-order valence-electron chi connectivity index (χ3n) is 5.42. The number of amides is 1. The highest BCUT2D eigenvalue weighted by atomic mass is 16.1. The zero-order valence-corrected chi connectivity index (χ0v) is 17.9. The van der Waals surface area contributed by atoms with Crippen molar-refractivity contribution in [2.45, 2.75) is 18.9 Å². The molecule has 0 aliphatic heterocycles. The highest BCUT2D eigenvalue weighted by Gasteiger charge is 2.26. The van der Waals surface area contributed by atoms with Gasteiger partial charge in [-0.15, -0.1) is 10.2 Å². The van der Waals surface area contributed by atoms with E-state index < -0.39 is 0 Å². The van der Waals surface area contributed by atoms with Crippen LogP contribution < -0.4 is 10.2 Å². The quantitative estimate of drug-likeness (QED) is 0.501. The fourth-order valence-electron chi connectivity index (χ4n) is 3.56. The van der Waals surface area contributed by atoms with Crippen molar-refractivity contribution in [3.8, 4) is 22.5 Å². The number of hydrogen-bond donors (Lipinski definition) is 1. The molecule has 0 saturated heterocycles.